The first-order chi connectivity index (χ1) is 8.22. The summed E-state index contributed by atoms with van der Waals surface area (Å²) >= 11 is 0. The maximum Gasteiger partial charge on any atom is 0.250 e. The number of carbonyl (C=O) groups excluding carboxylic acids is 1. The Kier molecular flexibility index (Phi) is 4.36. The van der Waals surface area contributed by atoms with E-state index in [0.717, 1.165) is 13.1 Å². The summed E-state index contributed by atoms with van der Waals surface area (Å²) in [7, 11) is 0. The Balaban J connectivity index is 1.84. The fourth-order valence-electron chi connectivity index (χ4n) is 2.99. The Labute approximate surface area is 103 Å². The summed E-state index contributed by atoms with van der Waals surface area (Å²) in [4.78, 5) is 16.3. The molecule has 0 aromatic carbocycles. The molecule has 2 heterocycles. The highest BCUT2D eigenvalue weighted by Gasteiger charge is 2.32. The number of carbonyl (C=O) groups is 1. The number of hydrogen-bond donors (Lipinski definition) is 2. The summed E-state index contributed by atoms with van der Waals surface area (Å²) in [6.45, 7) is 6.41. The highest BCUT2D eigenvalue weighted by molar-refractivity contribution is 5.80. The van der Waals surface area contributed by atoms with Gasteiger partial charge in [0.05, 0.1) is 6.04 Å². The van der Waals surface area contributed by atoms with Gasteiger partial charge >= 0.3 is 0 Å². The number of amides is 1. The maximum atomic E-state index is 11.5. The van der Waals surface area contributed by atoms with Gasteiger partial charge in [0.15, 0.2) is 0 Å². The summed E-state index contributed by atoms with van der Waals surface area (Å²) in [5.74, 6) is 5.10. The van der Waals surface area contributed by atoms with Gasteiger partial charge in [-0.15, -0.1) is 0 Å². The van der Waals surface area contributed by atoms with Crippen molar-refractivity contribution in [1.29, 1.82) is 0 Å². The zero-order chi connectivity index (χ0) is 12.3. The molecule has 2 saturated heterocycles. The van der Waals surface area contributed by atoms with Crippen molar-refractivity contribution in [3.8, 4) is 0 Å². The third kappa shape index (κ3) is 2.97. The van der Waals surface area contributed by atoms with Crippen LogP contribution in [0.15, 0.2) is 0 Å². The summed E-state index contributed by atoms with van der Waals surface area (Å²) in [6.07, 6.45) is 5.21. The molecule has 0 saturated carbocycles. The first-order valence-corrected chi connectivity index (χ1v) is 6.71. The van der Waals surface area contributed by atoms with E-state index in [1.54, 1.807) is 0 Å². The molecule has 0 aliphatic carbocycles. The van der Waals surface area contributed by atoms with E-state index in [0.29, 0.717) is 6.04 Å². The molecule has 2 aliphatic heterocycles. The second-order valence-corrected chi connectivity index (χ2v) is 5.22. The average molecular weight is 240 g/mol. The van der Waals surface area contributed by atoms with Crippen LogP contribution < -0.4 is 11.3 Å². The van der Waals surface area contributed by atoms with Gasteiger partial charge in [-0.3, -0.25) is 20.0 Å². The van der Waals surface area contributed by atoms with Crippen LogP contribution in [-0.2, 0) is 4.79 Å². The number of rotatable bonds is 3. The minimum atomic E-state index is -0.102. The van der Waals surface area contributed by atoms with E-state index >= 15 is 0 Å². The summed E-state index contributed by atoms with van der Waals surface area (Å²) < 4.78 is 0. The molecular weight excluding hydrogens is 216 g/mol. The van der Waals surface area contributed by atoms with Crippen molar-refractivity contribution >= 4 is 5.91 Å². The third-order valence-corrected chi connectivity index (χ3v) is 4.17. The van der Waals surface area contributed by atoms with Gasteiger partial charge in [-0.25, -0.2) is 5.84 Å². The average Bonchev–Trinajstić information content (AvgIpc) is 2.87. The lowest BCUT2D eigenvalue weighted by Gasteiger charge is -2.32. The predicted octanol–water partition coefficient (Wildman–Crippen LogP) is -0.0750. The SMILES string of the molecule is CC(C(=O)NN)N1CCC(N2CCCCC2)C1. The molecule has 0 aromatic rings. The number of likely N-dealkylation sites (tertiary alicyclic amines) is 2. The zero-order valence-electron chi connectivity index (χ0n) is 10.7. The van der Waals surface area contributed by atoms with Crippen LogP contribution in [0, 0.1) is 0 Å². The highest BCUT2D eigenvalue weighted by Crippen LogP contribution is 2.21. The molecule has 0 radical (unpaired) electrons. The van der Waals surface area contributed by atoms with Crippen molar-refractivity contribution in [3.63, 3.8) is 0 Å². The number of hydrogen-bond acceptors (Lipinski definition) is 4. The van der Waals surface area contributed by atoms with Gasteiger partial charge in [0.25, 0.3) is 5.91 Å². The molecule has 1 amide bonds. The van der Waals surface area contributed by atoms with Gasteiger partial charge in [0.2, 0.25) is 0 Å². The van der Waals surface area contributed by atoms with Crippen LogP contribution >= 0.6 is 0 Å². The van der Waals surface area contributed by atoms with E-state index in [9.17, 15) is 4.79 Å². The van der Waals surface area contributed by atoms with E-state index in [-0.39, 0.29) is 11.9 Å². The zero-order valence-corrected chi connectivity index (χ0v) is 10.7. The van der Waals surface area contributed by atoms with Crippen LogP contribution in [0.1, 0.15) is 32.6 Å². The lowest BCUT2D eigenvalue weighted by Crippen LogP contribution is -2.48. The lowest BCUT2D eigenvalue weighted by molar-refractivity contribution is -0.125. The van der Waals surface area contributed by atoms with E-state index < -0.39 is 0 Å². The third-order valence-electron chi connectivity index (χ3n) is 4.17. The minimum absolute atomic E-state index is 0.0794. The second kappa shape index (κ2) is 5.80. The molecule has 0 spiro atoms. The monoisotopic (exact) mass is 240 g/mol. The number of piperidine rings is 1. The first-order valence-electron chi connectivity index (χ1n) is 6.71. The van der Waals surface area contributed by atoms with E-state index in [1.165, 1.54) is 38.8 Å². The highest BCUT2D eigenvalue weighted by atomic mass is 16.2. The van der Waals surface area contributed by atoms with Crippen LogP contribution in [0.25, 0.3) is 0 Å². The van der Waals surface area contributed by atoms with Crippen LogP contribution in [0.4, 0.5) is 0 Å². The molecule has 3 N–H and O–H groups in total. The van der Waals surface area contributed by atoms with Crippen molar-refractivity contribution in [2.75, 3.05) is 26.2 Å². The molecule has 5 nitrogen and oxygen atoms in total. The van der Waals surface area contributed by atoms with Gasteiger partial charge < -0.3 is 0 Å². The van der Waals surface area contributed by atoms with Gasteiger partial charge in [0, 0.05) is 19.1 Å². The smallest absolute Gasteiger partial charge is 0.250 e. The van der Waals surface area contributed by atoms with Crippen LogP contribution in [0.5, 0.6) is 0 Å². The molecule has 98 valence electrons. The fraction of sp³-hybridized carbons (Fsp3) is 0.917. The minimum Gasteiger partial charge on any atom is -0.299 e. The van der Waals surface area contributed by atoms with Crippen LogP contribution in [0.3, 0.4) is 0 Å². The van der Waals surface area contributed by atoms with Crippen molar-refractivity contribution in [2.24, 2.45) is 5.84 Å². The predicted molar refractivity (Wildman–Crippen MR) is 67.2 cm³/mol. The molecule has 17 heavy (non-hydrogen) atoms. The Hall–Kier alpha value is -0.650. The first kappa shape index (κ1) is 12.8. The normalized spacial score (nSPS) is 29.2. The summed E-state index contributed by atoms with van der Waals surface area (Å²) in [6, 6.07) is 0.540. The molecule has 2 unspecified atom stereocenters. The fourth-order valence-corrected chi connectivity index (χ4v) is 2.99. The van der Waals surface area contributed by atoms with Crippen molar-refractivity contribution in [3.05, 3.63) is 0 Å². The van der Waals surface area contributed by atoms with Gasteiger partial charge in [-0.1, -0.05) is 6.42 Å². The van der Waals surface area contributed by atoms with E-state index in [1.807, 2.05) is 6.92 Å². The topological polar surface area (TPSA) is 61.6 Å². The van der Waals surface area contributed by atoms with Crippen LogP contribution in [-0.4, -0.2) is 54.0 Å². The largest absolute Gasteiger partial charge is 0.299 e. The molecule has 2 fully saturated rings. The number of nitrogens with zero attached hydrogens (tertiary/aromatic N) is 2. The Morgan fingerprint density at radius 2 is 2.00 bits per heavy atom. The molecule has 2 atom stereocenters. The Morgan fingerprint density at radius 3 is 2.65 bits per heavy atom. The van der Waals surface area contributed by atoms with Gasteiger partial charge in [0.1, 0.15) is 0 Å². The quantitative estimate of drug-likeness (QED) is 0.412. The number of hydrazine groups is 1. The molecule has 0 aromatic heterocycles. The van der Waals surface area contributed by atoms with E-state index in [2.05, 4.69) is 15.2 Å². The number of nitrogens with two attached hydrogens (primary N) is 1. The summed E-state index contributed by atoms with van der Waals surface area (Å²) in [5.41, 5.74) is 2.24. The molecule has 2 aliphatic rings. The van der Waals surface area contributed by atoms with Crippen molar-refractivity contribution in [1.82, 2.24) is 15.2 Å². The number of nitrogens with one attached hydrogen (secondary N) is 1. The Bertz CT molecular complexity index is 265. The molecular formula is C12H24N4O. The van der Waals surface area contributed by atoms with Crippen molar-refractivity contribution in [2.45, 2.75) is 44.7 Å². The second-order valence-electron chi connectivity index (χ2n) is 5.22. The molecule has 5 heteroatoms. The summed E-state index contributed by atoms with van der Waals surface area (Å²) in [5, 5.41) is 0. The lowest BCUT2D eigenvalue weighted by atomic mass is 10.1. The standard InChI is InChI=1S/C12H24N4O/c1-10(12(17)14-13)16-8-5-11(9-16)15-6-3-2-4-7-15/h10-11H,2-9,13H2,1H3,(H,14,17). The molecule has 0 bridgehead atoms. The van der Waals surface area contributed by atoms with E-state index in [4.69, 9.17) is 5.84 Å². The Morgan fingerprint density at radius 1 is 1.29 bits per heavy atom. The van der Waals surface area contributed by atoms with Gasteiger partial charge in [-0.05, 0) is 39.3 Å². The van der Waals surface area contributed by atoms with Crippen molar-refractivity contribution < 1.29 is 4.79 Å². The van der Waals surface area contributed by atoms with Gasteiger partial charge in [-0.2, -0.15) is 0 Å². The maximum absolute atomic E-state index is 11.5. The van der Waals surface area contributed by atoms with Crippen LogP contribution in [0.2, 0.25) is 0 Å². The molecule has 2 rings (SSSR count).